The van der Waals surface area contributed by atoms with Crippen molar-refractivity contribution in [1.29, 1.82) is 0 Å². The van der Waals surface area contributed by atoms with E-state index in [9.17, 15) is 5.11 Å². The average molecular weight is 254 g/mol. The second-order valence-electron chi connectivity index (χ2n) is 5.12. The monoisotopic (exact) mass is 254 g/mol. The Bertz CT molecular complexity index is 380. The summed E-state index contributed by atoms with van der Waals surface area (Å²) in [5, 5.41) is 17.7. The lowest BCUT2D eigenvalue weighted by atomic mass is 10.2. The van der Waals surface area contributed by atoms with Crippen molar-refractivity contribution in [2.45, 2.75) is 45.6 Å². The van der Waals surface area contributed by atoms with E-state index in [1.165, 1.54) is 0 Å². The smallest absolute Gasteiger partial charge is 0.129 e. The van der Waals surface area contributed by atoms with Gasteiger partial charge in [-0.2, -0.15) is 0 Å². The highest BCUT2D eigenvalue weighted by Crippen LogP contribution is 2.15. The maximum atomic E-state index is 9.92. The van der Waals surface area contributed by atoms with Gasteiger partial charge in [-0.15, -0.1) is 10.2 Å². The number of aliphatic hydroxyl groups excluding tert-OH is 1. The Balaban J connectivity index is 1.80. The molecule has 1 aliphatic rings. The Hall–Kier alpha value is -0.980. The van der Waals surface area contributed by atoms with Crippen molar-refractivity contribution >= 4 is 0 Å². The van der Waals surface area contributed by atoms with Crippen molar-refractivity contribution in [3.63, 3.8) is 0 Å². The molecule has 0 unspecified atom stereocenters. The minimum absolute atomic E-state index is 0.0630. The lowest BCUT2D eigenvalue weighted by Crippen LogP contribution is -2.29. The third-order valence-corrected chi connectivity index (χ3v) is 3.23. The van der Waals surface area contributed by atoms with Crippen LogP contribution in [0.3, 0.4) is 0 Å². The van der Waals surface area contributed by atoms with Gasteiger partial charge < -0.3 is 14.4 Å². The Labute approximate surface area is 108 Å². The summed E-state index contributed by atoms with van der Waals surface area (Å²) >= 11 is 0. The molecule has 0 aromatic carbocycles. The van der Waals surface area contributed by atoms with Gasteiger partial charge in [0.25, 0.3) is 0 Å². The third kappa shape index (κ3) is 3.28. The van der Waals surface area contributed by atoms with Crippen LogP contribution in [0.4, 0.5) is 0 Å². The Morgan fingerprint density at radius 1 is 1.44 bits per heavy atom. The van der Waals surface area contributed by atoms with Gasteiger partial charge in [-0.3, -0.25) is 4.90 Å². The number of hydrogen-bond donors (Lipinski definition) is 1. The molecule has 1 fully saturated rings. The summed E-state index contributed by atoms with van der Waals surface area (Å²) < 4.78 is 7.71. The van der Waals surface area contributed by atoms with E-state index in [1.54, 1.807) is 6.33 Å². The molecular weight excluding hydrogens is 232 g/mol. The van der Waals surface area contributed by atoms with Gasteiger partial charge in [0.05, 0.1) is 18.3 Å². The molecule has 18 heavy (non-hydrogen) atoms. The van der Waals surface area contributed by atoms with Crippen LogP contribution in [0.1, 0.15) is 19.7 Å². The fourth-order valence-corrected chi connectivity index (χ4v) is 2.28. The molecule has 0 amide bonds. The minimum atomic E-state index is -0.380. The Morgan fingerprint density at radius 2 is 2.22 bits per heavy atom. The number of ether oxygens (including phenoxy) is 1. The molecule has 1 aromatic rings. The Kier molecular flexibility index (Phi) is 4.31. The highest BCUT2D eigenvalue weighted by Gasteiger charge is 2.32. The van der Waals surface area contributed by atoms with Crippen LogP contribution in [-0.2, 0) is 11.3 Å². The van der Waals surface area contributed by atoms with Crippen molar-refractivity contribution in [3.8, 4) is 0 Å². The summed E-state index contributed by atoms with van der Waals surface area (Å²) in [4.78, 5) is 2.22. The molecule has 0 radical (unpaired) electrons. The van der Waals surface area contributed by atoms with Crippen LogP contribution in [0.5, 0.6) is 0 Å². The molecule has 2 atom stereocenters. The molecular formula is C12H22N4O2. The number of hydrogen-bond acceptors (Lipinski definition) is 5. The molecule has 0 spiro atoms. The summed E-state index contributed by atoms with van der Waals surface area (Å²) in [6, 6.07) is 0. The number of aromatic nitrogens is 3. The van der Waals surface area contributed by atoms with Gasteiger partial charge in [0.1, 0.15) is 12.2 Å². The average Bonchev–Trinajstić information content (AvgIpc) is 2.83. The fraction of sp³-hybridized carbons (Fsp3) is 0.833. The van der Waals surface area contributed by atoms with Crippen LogP contribution in [-0.4, -0.2) is 62.7 Å². The van der Waals surface area contributed by atoms with Gasteiger partial charge >= 0.3 is 0 Å². The molecule has 1 aliphatic heterocycles. The zero-order chi connectivity index (χ0) is 13.1. The van der Waals surface area contributed by atoms with E-state index in [2.05, 4.69) is 15.1 Å². The summed E-state index contributed by atoms with van der Waals surface area (Å²) in [6.07, 6.45) is 1.45. The standard InChI is InChI=1S/C12H22N4O2/c1-9(2)18-12-7-15(6-11(12)17)4-5-16-8-13-14-10(16)3/h8-9,11-12,17H,4-7H2,1-3H3/t11-,12-/m0/s1. The minimum Gasteiger partial charge on any atom is -0.389 e. The van der Waals surface area contributed by atoms with E-state index >= 15 is 0 Å². The lowest BCUT2D eigenvalue weighted by Gasteiger charge is -2.18. The predicted molar refractivity (Wildman–Crippen MR) is 67.2 cm³/mol. The number of aliphatic hydroxyl groups is 1. The third-order valence-electron chi connectivity index (χ3n) is 3.23. The van der Waals surface area contributed by atoms with Crippen LogP contribution in [0.25, 0.3) is 0 Å². The van der Waals surface area contributed by atoms with Gasteiger partial charge in [0.2, 0.25) is 0 Å². The molecule has 102 valence electrons. The number of rotatable bonds is 5. The van der Waals surface area contributed by atoms with Crippen molar-refractivity contribution in [2.75, 3.05) is 19.6 Å². The summed E-state index contributed by atoms with van der Waals surface area (Å²) in [7, 11) is 0. The molecule has 1 aromatic heterocycles. The second kappa shape index (κ2) is 5.77. The van der Waals surface area contributed by atoms with E-state index in [0.717, 1.165) is 25.5 Å². The largest absolute Gasteiger partial charge is 0.389 e. The summed E-state index contributed by atoms with van der Waals surface area (Å²) in [5.74, 6) is 0.921. The highest BCUT2D eigenvalue weighted by atomic mass is 16.5. The molecule has 0 aliphatic carbocycles. The van der Waals surface area contributed by atoms with Crippen molar-refractivity contribution in [3.05, 3.63) is 12.2 Å². The van der Waals surface area contributed by atoms with Gasteiger partial charge in [-0.05, 0) is 20.8 Å². The van der Waals surface area contributed by atoms with E-state index in [4.69, 9.17) is 4.74 Å². The van der Waals surface area contributed by atoms with E-state index < -0.39 is 0 Å². The number of aryl methyl sites for hydroxylation is 1. The first-order valence-electron chi connectivity index (χ1n) is 6.46. The molecule has 0 saturated carbocycles. The van der Waals surface area contributed by atoms with E-state index in [1.807, 2.05) is 25.3 Å². The van der Waals surface area contributed by atoms with Gasteiger partial charge in [-0.25, -0.2) is 0 Å². The topological polar surface area (TPSA) is 63.4 Å². The number of nitrogens with zero attached hydrogens (tertiary/aromatic N) is 4. The summed E-state index contributed by atoms with van der Waals surface area (Å²) in [6.45, 7) is 9.13. The number of β-amino-alcohol motifs (C(OH)–C–C–N with tert-alkyl or cyclic N) is 1. The molecule has 6 heteroatoms. The summed E-state index contributed by atoms with van der Waals surface area (Å²) in [5.41, 5.74) is 0. The maximum Gasteiger partial charge on any atom is 0.129 e. The molecule has 2 heterocycles. The highest BCUT2D eigenvalue weighted by molar-refractivity contribution is 4.86. The van der Waals surface area contributed by atoms with Crippen LogP contribution in [0.2, 0.25) is 0 Å². The second-order valence-corrected chi connectivity index (χ2v) is 5.12. The van der Waals surface area contributed by atoms with Crippen LogP contribution < -0.4 is 0 Å². The molecule has 2 rings (SSSR count). The van der Waals surface area contributed by atoms with E-state index in [0.29, 0.717) is 6.54 Å². The quantitative estimate of drug-likeness (QED) is 0.805. The molecule has 1 saturated heterocycles. The first-order valence-corrected chi connectivity index (χ1v) is 6.46. The van der Waals surface area contributed by atoms with Crippen molar-refractivity contribution in [2.24, 2.45) is 0 Å². The van der Waals surface area contributed by atoms with Gasteiger partial charge in [0, 0.05) is 26.2 Å². The van der Waals surface area contributed by atoms with Crippen LogP contribution >= 0.6 is 0 Å². The predicted octanol–water partition coefficient (Wildman–Crippen LogP) is 0.0566. The zero-order valence-corrected chi connectivity index (χ0v) is 11.3. The van der Waals surface area contributed by atoms with Gasteiger partial charge in [0.15, 0.2) is 0 Å². The van der Waals surface area contributed by atoms with Crippen LogP contribution in [0, 0.1) is 6.92 Å². The van der Waals surface area contributed by atoms with Crippen molar-refractivity contribution < 1.29 is 9.84 Å². The molecule has 1 N–H and O–H groups in total. The van der Waals surface area contributed by atoms with Crippen LogP contribution in [0.15, 0.2) is 6.33 Å². The first kappa shape index (κ1) is 13.5. The SMILES string of the molecule is Cc1nncn1CCN1C[C@H](OC(C)C)[C@@H](O)C1. The Morgan fingerprint density at radius 3 is 2.83 bits per heavy atom. The maximum absolute atomic E-state index is 9.92. The lowest BCUT2D eigenvalue weighted by molar-refractivity contribution is -0.0395. The van der Waals surface area contributed by atoms with Gasteiger partial charge in [-0.1, -0.05) is 0 Å². The fourth-order valence-electron chi connectivity index (χ4n) is 2.28. The van der Waals surface area contributed by atoms with Crippen molar-refractivity contribution in [1.82, 2.24) is 19.7 Å². The number of likely N-dealkylation sites (tertiary alicyclic amines) is 1. The molecule has 6 nitrogen and oxygen atoms in total. The molecule has 0 bridgehead atoms. The zero-order valence-electron chi connectivity index (χ0n) is 11.3. The normalized spacial score (nSPS) is 25.2. The first-order chi connectivity index (χ1) is 8.56. The van der Waals surface area contributed by atoms with E-state index in [-0.39, 0.29) is 18.3 Å².